The Kier molecular flexibility index (Phi) is 4.37. The van der Waals surface area contributed by atoms with E-state index in [1.54, 1.807) is 0 Å². The van der Waals surface area contributed by atoms with Crippen LogP contribution in [0, 0.1) is 0 Å². The lowest BCUT2D eigenvalue weighted by molar-refractivity contribution is 0.189. The van der Waals surface area contributed by atoms with Crippen molar-refractivity contribution in [1.29, 1.82) is 0 Å². The summed E-state index contributed by atoms with van der Waals surface area (Å²) in [5.74, 6) is 0. The van der Waals surface area contributed by atoms with Crippen LogP contribution in [0.4, 0.5) is 4.79 Å². The third kappa shape index (κ3) is 3.58. The van der Waals surface area contributed by atoms with E-state index in [9.17, 15) is 9.59 Å². The zero-order chi connectivity index (χ0) is 14.5. The van der Waals surface area contributed by atoms with E-state index in [4.69, 9.17) is 16.7 Å². The molecule has 1 aromatic heterocycles. The van der Waals surface area contributed by atoms with Gasteiger partial charge in [-0.15, -0.1) is 0 Å². The molecule has 104 valence electrons. The molecule has 2 rings (SSSR count). The number of amides is 1. The third-order valence-electron chi connectivity index (χ3n) is 2.76. The van der Waals surface area contributed by atoms with Crippen LogP contribution in [0.2, 0.25) is 5.15 Å². The summed E-state index contributed by atoms with van der Waals surface area (Å²) in [6.45, 7) is 0. The van der Waals surface area contributed by atoms with E-state index < -0.39 is 17.7 Å². The van der Waals surface area contributed by atoms with E-state index in [0.717, 1.165) is 5.56 Å². The summed E-state index contributed by atoms with van der Waals surface area (Å²) in [5.41, 5.74) is 0.666. The van der Waals surface area contributed by atoms with E-state index in [2.05, 4.69) is 15.5 Å². The van der Waals surface area contributed by atoms with Gasteiger partial charge in [-0.2, -0.15) is 5.10 Å². The van der Waals surface area contributed by atoms with Gasteiger partial charge in [0.2, 0.25) is 0 Å². The molecule has 1 heterocycles. The second-order valence-corrected chi connectivity index (χ2v) is 4.55. The number of rotatable bonds is 4. The molecule has 0 saturated heterocycles. The first-order valence-corrected chi connectivity index (χ1v) is 6.22. The maximum absolute atomic E-state index is 11.8. The minimum Gasteiger partial charge on any atom is -0.465 e. The van der Waals surface area contributed by atoms with Crippen molar-refractivity contribution >= 4 is 17.7 Å². The average molecular weight is 294 g/mol. The number of H-pyrrole nitrogens is 1. The lowest BCUT2D eigenvalue weighted by Gasteiger charge is -2.16. The lowest BCUT2D eigenvalue weighted by atomic mass is 10.0. The van der Waals surface area contributed by atoms with Crippen molar-refractivity contribution in [2.45, 2.75) is 12.5 Å². The molecule has 0 spiro atoms. The number of nitrogens with one attached hydrogen (secondary N) is 2. The highest BCUT2D eigenvalue weighted by Gasteiger charge is 2.18. The smallest absolute Gasteiger partial charge is 0.405 e. The highest BCUT2D eigenvalue weighted by molar-refractivity contribution is 6.29. The first-order valence-electron chi connectivity index (χ1n) is 5.85. The Hall–Kier alpha value is -2.34. The Morgan fingerprint density at radius 3 is 2.75 bits per heavy atom. The van der Waals surface area contributed by atoms with Crippen molar-refractivity contribution in [2.24, 2.45) is 0 Å². The molecule has 3 N–H and O–H groups in total. The number of nitrogens with zero attached hydrogens (tertiary/aromatic N) is 1. The van der Waals surface area contributed by atoms with Crippen LogP contribution >= 0.6 is 11.6 Å². The molecule has 0 aliphatic heterocycles. The standard InChI is InChI=1S/C13H12ClN3O3/c14-11-7-9(12(18)17-16-11)10(15-13(19)20)6-8-4-2-1-3-5-8/h1-5,7,10,15H,6H2,(H,17,18)(H,19,20). The lowest BCUT2D eigenvalue weighted by Crippen LogP contribution is -2.32. The van der Waals surface area contributed by atoms with E-state index in [1.807, 2.05) is 30.3 Å². The van der Waals surface area contributed by atoms with Gasteiger partial charge in [0.15, 0.2) is 0 Å². The molecule has 1 unspecified atom stereocenters. The zero-order valence-electron chi connectivity index (χ0n) is 10.3. The van der Waals surface area contributed by atoms with Crippen LogP contribution in [0.3, 0.4) is 0 Å². The summed E-state index contributed by atoms with van der Waals surface area (Å²) in [6.07, 6.45) is -0.866. The SMILES string of the molecule is O=C(O)NC(Cc1ccccc1)c1cc(Cl)n[nH]c1=O. The number of carboxylic acid groups (broad SMARTS) is 1. The normalized spacial score (nSPS) is 11.8. The number of hydrogen-bond acceptors (Lipinski definition) is 3. The Balaban J connectivity index is 2.34. The average Bonchev–Trinajstić information content (AvgIpc) is 2.41. The quantitative estimate of drug-likeness (QED) is 0.803. The molecule has 7 heteroatoms. The van der Waals surface area contributed by atoms with Gasteiger partial charge in [-0.25, -0.2) is 9.89 Å². The van der Waals surface area contributed by atoms with Crippen LogP contribution in [0.1, 0.15) is 17.2 Å². The Morgan fingerprint density at radius 1 is 1.40 bits per heavy atom. The van der Waals surface area contributed by atoms with Gasteiger partial charge in [-0.05, 0) is 18.1 Å². The van der Waals surface area contributed by atoms with Gasteiger partial charge < -0.3 is 10.4 Å². The number of carbonyl (C=O) groups is 1. The molecule has 6 nitrogen and oxygen atoms in total. The maximum Gasteiger partial charge on any atom is 0.405 e. The molecule has 0 aliphatic rings. The number of aromatic nitrogens is 2. The number of halogens is 1. The van der Waals surface area contributed by atoms with Crippen molar-refractivity contribution in [3.8, 4) is 0 Å². The number of hydrogen-bond donors (Lipinski definition) is 3. The summed E-state index contributed by atoms with van der Waals surface area (Å²) in [4.78, 5) is 22.7. The first kappa shape index (κ1) is 14.1. The van der Waals surface area contributed by atoms with Crippen LogP contribution in [-0.2, 0) is 6.42 Å². The van der Waals surface area contributed by atoms with Crippen molar-refractivity contribution in [3.63, 3.8) is 0 Å². The summed E-state index contributed by atoms with van der Waals surface area (Å²) in [6, 6.07) is 9.93. The van der Waals surface area contributed by atoms with Crippen LogP contribution in [-0.4, -0.2) is 21.4 Å². The Bertz CT molecular complexity index is 657. The summed E-state index contributed by atoms with van der Waals surface area (Å²) >= 11 is 5.74. The summed E-state index contributed by atoms with van der Waals surface area (Å²) < 4.78 is 0. The molecule has 2 aromatic rings. The highest BCUT2D eigenvalue weighted by atomic mass is 35.5. The predicted octanol–water partition coefficient (Wildman–Crippen LogP) is 1.97. The third-order valence-corrected chi connectivity index (χ3v) is 2.95. The van der Waals surface area contributed by atoms with Gasteiger partial charge in [0, 0.05) is 5.56 Å². The van der Waals surface area contributed by atoms with Crippen molar-refractivity contribution in [3.05, 3.63) is 63.0 Å². The molecule has 1 atom stereocenters. The summed E-state index contributed by atoms with van der Waals surface area (Å²) in [7, 11) is 0. The molecule has 0 fully saturated rings. The largest absolute Gasteiger partial charge is 0.465 e. The molecule has 1 amide bonds. The number of benzene rings is 1. The predicted molar refractivity (Wildman–Crippen MR) is 73.9 cm³/mol. The van der Waals surface area contributed by atoms with Gasteiger partial charge >= 0.3 is 6.09 Å². The van der Waals surface area contributed by atoms with Gasteiger partial charge in [-0.1, -0.05) is 41.9 Å². The van der Waals surface area contributed by atoms with Crippen molar-refractivity contribution < 1.29 is 9.90 Å². The van der Waals surface area contributed by atoms with E-state index in [0.29, 0.717) is 6.42 Å². The molecule has 20 heavy (non-hydrogen) atoms. The van der Waals surface area contributed by atoms with Crippen LogP contribution in [0.15, 0.2) is 41.2 Å². The molecular weight excluding hydrogens is 282 g/mol. The summed E-state index contributed by atoms with van der Waals surface area (Å²) in [5, 5.41) is 17.1. The van der Waals surface area contributed by atoms with E-state index >= 15 is 0 Å². The van der Waals surface area contributed by atoms with Crippen LogP contribution in [0.5, 0.6) is 0 Å². The van der Waals surface area contributed by atoms with Gasteiger partial charge in [0.1, 0.15) is 5.15 Å². The molecule has 0 saturated carbocycles. The molecular formula is C13H12ClN3O3. The topological polar surface area (TPSA) is 95.1 Å². The monoisotopic (exact) mass is 293 g/mol. The fraction of sp³-hybridized carbons (Fsp3) is 0.154. The zero-order valence-corrected chi connectivity index (χ0v) is 11.1. The fourth-order valence-corrected chi connectivity index (χ4v) is 2.05. The fourth-order valence-electron chi connectivity index (χ4n) is 1.89. The number of aromatic amines is 1. The second-order valence-electron chi connectivity index (χ2n) is 4.17. The van der Waals surface area contributed by atoms with Crippen LogP contribution < -0.4 is 10.9 Å². The van der Waals surface area contributed by atoms with E-state index in [-0.39, 0.29) is 10.7 Å². The van der Waals surface area contributed by atoms with Gasteiger partial charge in [-0.3, -0.25) is 4.79 Å². The highest BCUT2D eigenvalue weighted by Crippen LogP contribution is 2.17. The first-order chi connectivity index (χ1) is 9.56. The Labute approximate surface area is 119 Å². The molecule has 0 bridgehead atoms. The van der Waals surface area contributed by atoms with Crippen molar-refractivity contribution in [2.75, 3.05) is 0 Å². The maximum atomic E-state index is 11.8. The molecule has 0 radical (unpaired) electrons. The molecule has 1 aromatic carbocycles. The Morgan fingerprint density at radius 2 is 2.10 bits per heavy atom. The van der Waals surface area contributed by atoms with Gasteiger partial charge in [0.05, 0.1) is 6.04 Å². The van der Waals surface area contributed by atoms with E-state index in [1.165, 1.54) is 6.07 Å². The van der Waals surface area contributed by atoms with Crippen molar-refractivity contribution in [1.82, 2.24) is 15.5 Å². The second kappa shape index (κ2) is 6.21. The minimum atomic E-state index is -1.21. The molecule has 0 aliphatic carbocycles. The van der Waals surface area contributed by atoms with Gasteiger partial charge in [0.25, 0.3) is 5.56 Å². The minimum absolute atomic E-state index is 0.102. The van der Waals surface area contributed by atoms with Crippen LogP contribution in [0.25, 0.3) is 0 Å².